The van der Waals surface area contributed by atoms with Crippen LogP contribution in [0.15, 0.2) is 16.6 Å². The normalized spacial score (nSPS) is 11.5. The molecule has 0 aliphatic heterocycles. The Morgan fingerprint density at radius 1 is 1.36 bits per heavy atom. The number of hydrogen-bond acceptors (Lipinski definition) is 2. The second kappa shape index (κ2) is 4.13. The third-order valence-corrected chi connectivity index (χ3v) is 2.51. The summed E-state index contributed by atoms with van der Waals surface area (Å²) >= 11 is 4.82. The average molecular weight is 382 g/mol. The van der Waals surface area contributed by atoms with Crippen molar-refractivity contribution in [3.63, 3.8) is 0 Å². The molecular formula is C7H4BrF3INO. The topological polar surface area (TPSA) is 35.2 Å². The van der Waals surface area contributed by atoms with E-state index in [1.165, 1.54) is 12.1 Å². The van der Waals surface area contributed by atoms with Crippen LogP contribution < -0.4 is 10.5 Å². The van der Waals surface area contributed by atoms with Crippen LogP contribution in [0.4, 0.5) is 18.9 Å². The fraction of sp³-hybridized carbons (Fsp3) is 0.143. The van der Waals surface area contributed by atoms with E-state index in [-0.39, 0.29) is 11.4 Å². The van der Waals surface area contributed by atoms with Crippen molar-refractivity contribution in [2.24, 2.45) is 0 Å². The standard InChI is InChI=1S/C7H4BrF3INO/c8-3-1-4(12)6(5(13)2-3)14-7(9,10)11/h1-2H,13H2. The fourth-order valence-electron chi connectivity index (χ4n) is 0.804. The molecule has 0 aromatic heterocycles. The molecule has 78 valence electrons. The van der Waals surface area contributed by atoms with E-state index in [4.69, 9.17) is 5.73 Å². The van der Waals surface area contributed by atoms with Crippen molar-refractivity contribution in [2.75, 3.05) is 5.73 Å². The van der Waals surface area contributed by atoms with E-state index < -0.39 is 6.36 Å². The van der Waals surface area contributed by atoms with Gasteiger partial charge < -0.3 is 10.5 Å². The highest BCUT2D eigenvalue weighted by Gasteiger charge is 2.32. The first kappa shape index (κ1) is 11.9. The predicted molar refractivity (Wildman–Crippen MR) is 58.0 cm³/mol. The van der Waals surface area contributed by atoms with Gasteiger partial charge in [0.15, 0.2) is 5.75 Å². The molecule has 1 rings (SSSR count). The number of nitrogens with two attached hydrogens (primary N) is 1. The van der Waals surface area contributed by atoms with Crippen molar-refractivity contribution in [1.82, 2.24) is 0 Å². The third-order valence-electron chi connectivity index (χ3n) is 1.25. The summed E-state index contributed by atoms with van der Waals surface area (Å²) in [4.78, 5) is 0. The number of hydrogen-bond donors (Lipinski definition) is 1. The lowest BCUT2D eigenvalue weighted by atomic mass is 10.3. The fourth-order valence-corrected chi connectivity index (χ4v) is 2.46. The van der Waals surface area contributed by atoms with Crippen LogP contribution in [0.25, 0.3) is 0 Å². The summed E-state index contributed by atoms with van der Waals surface area (Å²) < 4.78 is 40.4. The lowest BCUT2D eigenvalue weighted by molar-refractivity contribution is -0.274. The highest BCUT2D eigenvalue weighted by molar-refractivity contribution is 14.1. The van der Waals surface area contributed by atoms with Gasteiger partial charge >= 0.3 is 6.36 Å². The van der Waals surface area contributed by atoms with Gasteiger partial charge in [-0.3, -0.25) is 0 Å². The molecule has 0 spiro atoms. The highest BCUT2D eigenvalue weighted by atomic mass is 127. The van der Waals surface area contributed by atoms with Gasteiger partial charge in [0.2, 0.25) is 0 Å². The van der Waals surface area contributed by atoms with Crippen LogP contribution >= 0.6 is 38.5 Å². The molecule has 7 heteroatoms. The van der Waals surface area contributed by atoms with E-state index in [0.29, 0.717) is 8.04 Å². The zero-order valence-electron chi connectivity index (χ0n) is 6.53. The molecule has 0 saturated carbocycles. The quantitative estimate of drug-likeness (QED) is 0.596. The average Bonchev–Trinajstić information content (AvgIpc) is 1.95. The lowest BCUT2D eigenvalue weighted by Crippen LogP contribution is -2.18. The Hall–Kier alpha value is -0.180. The van der Waals surface area contributed by atoms with Gasteiger partial charge in [-0.25, -0.2) is 0 Å². The molecule has 1 aromatic carbocycles. The van der Waals surface area contributed by atoms with Gasteiger partial charge in [-0.15, -0.1) is 13.2 Å². The molecule has 2 nitrogen and oxygen atoms in total. The first-order chi connectivity index (χ1) is 6.29. The minimum absolute atomic E-state index is 0.0545. The molecule has 0 fully saturated rings. The minimum atomic E-state index is -4.72. The molecule has 0 bridgehead atoms. The van der Waals surface area contributed by atoms with Gasteiger partial charge in [-0.05, 0) is 34.7 Å². The van der Waals surface area contributed by atoms with Crippen molar-refractivity contribution in [2.45, 2.75) is 6.36 Å². The predicted octanol–water partition coefficient (Wildman–Crippen LogP) is 3.53. The van der Waals surface area contributed by atoms with Crippen LogP contribution in [0, 0.1) is 3.57 Å². The van der Waals surface area contributed by atoms with E-state index in [1.807, 2.05) is 0 Å². The molecule has 2 N–H and O–H groups in total. The highest BCUT2D eigenvalue weighted by Crippen LogP contribution is 2.35. The molecule has 0 radical (unpaired) electrons. The maximum absolute atomic E-state index is 11.9. The Kier molecular flexibility index (Phi) is 3.51. The van der Waals surface area contributed by atoms with Gasteiger partial charge in [-0.1, -0.05) is 15.9 Å². The van der Waals surface area contributed by atoms with Crippen LogP contribution in [-0.2, 0) is 0 Å². The van der Waals surface area contributed by atoms with Crippen molar-refractivity contribution >= 4 is 44.2 Å². The number of benzene rings is 1. The van der Waals surface area contributed by atoms with Gasteiger partial charge in [0.1, 0.15) is 0 Å². The SMILES string of the molecule is Nc1cc(Br)cc(I)c1OC(F)(F)F. The molecule has 14 heavy (non-hydrogen) atoms. The summed E-state index contributed by atoms with van der Waals surface area (Å²) in [6, 6.07) is 2.83. The Balaban J connectivity index is 3.09. The van der Waals surface area contributed by atoms with Gasteiger partial charge in [0.25, 0.3) is 0 Å². The molecule has 0 unspecified atom stereocenters. The van der Waals surface area contributed by atoms with Crippen LogP contribution in [0.2, 0.25) is 0 Å². The van der Waals surface area contributed by atoms with Gasteiger partial charge in [-0.2, -0.15) is 0 Å². The second-order valence-corrected chi connectivity index (χ2v) is 4.43. The number of nitrogen functional groups attached to an aromatic ring is 1. The summed E-state index contributed by atoms with van der Waals surface area (Å²) in [5, 5.41) is 0. The maximum atomic E-state index is 11.9. The lowest BCUT2D eigenvalue weighted by Gasteiger charge is -2.12. The zero-order valence-corrected chi connectivity index (χ0v) is 10.3. The largest absolute Gasteiger partial charge is 0.573 e. The van der Waals surface area contributed by atoms with E-state index in [2.05, 4.69) is 20.7 Å². The van der Waals surface area contributed by atoms with E-state index in [0.717, 1.165) is 0 Å². The molecule has 0 atom stereocenters. The van der Waals surface area contributed by atoms with Crippen LogP contribution in [0.1, 0.15) is 0 Å². The Morgan fingerprint density at radius 2 is 1.93 bits per heavy atom. The first-order valence-corrected chi connectivity index (χ1v) is 5.17. The van der Waals surface area contributed by atoms with E-state index in [9.17, 15) is 13.2 Å². The summed E-state index contributed by atoms with van der Waals surface area (Å²) in [6.45, 7) is 0. The second-order valence-electron chi connectivity index (χ2n) is 2.35. The van der Waals surface area contributed by atoms with Crippen molar-refractivity contribution < 1.29 is 17.9 Å². The van der Waals surface area contributed by atoms with Gasteiger partial charge in [0.05, 0.1) is 9.26 Å². The number of rotatable bonds is 1. The number of anilines is 1. The molecule has 0 heterocycles. The molecule has 0 amide bonds. The van der Waals surface area contributed by atoms with Crippen molar-refractivity contribution in [3.05, 3.63) is 20.2 Å². The summed E-state index contributed by atoms with van der Waals surface area (Å²) in [5.74, 6) is -0.360. The van der Waals surface area contributed by atoms with Gasteiger partial charge in [0, 0.05) is 4.47 Å². The summed E-state index contributed by atoms with van der Waals surface area (Å²) in [6.07, 6.45) is -4.72. The zero-order chi connectivity index (χ0) is 10.9. The summed E-state index contributed by atoms with van der Waals surface area (Å²) in [5.41, 5.74) is 5.32. The smallest absolute Gasteiger partial charge is 0.402 e. The molecule has 1 aromatic rings. The van der Waals surface area contributed by atoms with Crippen molar-refractivity contribution in [3.8, 4) is 5.75 Å². The molecule has 0 saturated heterocycles. The number of ether oxygens (including phenoxy) is 1. The van der Waals surface area contributed by atoms with Crippen molar-refractivity contribution in [1.29, 1.82) is 0 Å². The van der Waals surface area contributed by atoms with E-state index >= 15 is 0 Å². The monoisotopic (exact) mass is 381 g/mol. The van der Waals surface area contributed by atoms with Crippen LogP contribution in [0.3, 0.4) is 0 Å². The van der Waals surface area contributed by atoms with Crippen LogP contribution in [-0.4, -0.2) is 6.36 Å². The number of halogens is 5. The number of alkyl halides is 3. The molecule has 0 aliphatic carbocycles. The summed E-state index contributed by atoms with van der Waals surface area (Å²) in [7, 11) is 0. The molecular weight excluding hydrogens is 378 g/mol. The third kappa shape index (κ3) is 3.19. The Labute approximate surface area is 99.9 Å². The Bertz CT molecular complexity index is 332. The van der Waals surface area contributed by atoms with Crippen LogP contribution in [0.5, 0.6) is 5.75 Å². The Morgan fingerprint density at radius 3 is 2.36 bits per heavy atom. The first-order valence-electron chi connectivity index (χ1n) is 3.30. The maximum Gasteiger partial charge on any atom is 0.573 e. The van der Waals surface area contributed by atoms with E-state index in [1.54, 1.807) is 22.6 Å². The molecule has 0 aliphatic rings. The minimum Gasteiger partial charge on any atom is -0.402 e.